The first-order chi connectivity index (χ1) is 7.65. The van der Waals surface area contributed by atoms with Gasteiger partial charge in [0.15, 0.2) is 0 Å². The van der Waals surface area contributed by atoms with E-state index in [1.807, 2.05) is 6.07 Å². The van der Waals surface area contributed by atoms with Crippen molar-refractivity contribution in [2.24, 2.45) is 11.7 Å². The first-order valence-corrected chi connectivity index (χ1v) is 5.82. The van der Waals surface area contributed by atoms with Crippen LogP contribution in [0.3, 0.4) is 0 Å². The van der Waals surface area contributed by atoms with Gasteiger partial charge >= 0.3 is 0 Å². The van der Waals surface area contributed by atoms with E-state index in [4.69, 9.17) is 5.73 Å². The van der Waals surface area contributed by atoms with E-state index in [9.17, 15) is 4.39 Å². The summed E-state index contributed by atoms with van der Waals surface area (Å²) in [5.41, 5.74) is 6.63. The summed E-state index contributed by atoms with van der Waals surface area (Å²) in [6.45, 7) is 7.65. The van der Waals surface area contributed by atoms with Crippen LogP contribution in [0.1, 0.15) is 19.4 Å². The van der Waals surface area contributed by atoms with Crippen molar-refractivity contribution in [3.63, 3.8) is 0 Å². The quantitative estimate of drug-likeness (QED) is 0.803. The van der Waals surface area contributed by atoms with E-state index in [0.717, 1.165) is 25.2 Å². The third-order valence-corrected chi connectivity index (χ3v) is 2.71. The fourth-order valence-corrected chi connectivity index (χ4v) is 1.71. The highest BCUT2D eigenvalue weighted by atomic mass is 19.1. The van der Waals surface area contributed by atoms with E-state index >= 15 is 0 Å². The average molecular weight is 224 g/mol. The van der Waals surface area contributed by atoms with Crippen LogP contribution in [0.4, 0.5) is 4.39 Å². The zero-order valence-corrected chi connectivity index (χ0v) is 10.1. The lowest BCUT2D eigenvalue weighted by Crippen LogP contribution is -2.31. The summed E-state index contributed by atoms with van der Waals surface area (Å²) in [4.78, 5) is 2.28. The van der Waals surface area contributed by atoms with Gasteiger partial charge in [-0.1, -0.05) is 26.0 Å². The molecule has 2 nitrogen and oxygen atoms in total. The Morgan fingerprint density at radius 2 is 2.19 bits per heavy atom. The van der Waals surface area contributed by atoms with E-state index in [-0.39, 0.29) is 5.82 Å². The van der Waals surface area contributed by atoms with Crippen molar-refractivity contribution in [3.05, 3.63) is 35.6 Å². The smallest absolute Gasteiger partial charge is 0.123 e. The maximum Gasteiger partial charge on any atom is 0.123 e. The van der Waals surface area contributed by atoms with Crippen LogP contribution in [0.25, 0.3) is 0 Å². The van der Waals surface area contributed by atoms with Gasteiger partial charge in [-0.3, -0.25) is 4.90 Å². The Labute approximate surface area is 97.3 Å². The van der Waals surface area contributed by atoms with Gasteiger partial charge in [0, 0.05) is 13.1 Å². The van der Waals surface area contributed by atoms with Crippen LogP contribution in [-0.2, 0) is 6.54 Å². The van der Waals surface area contributed by atoms with Gasteiger partial charge in [0.25, 0.3) is 0 Å². The summed E-state index contributed by atoms with van der Waals surface area (Å²) in [6.07, 6.45) is 0. The van der Waals surface area contributed by atoms with Crippen molar-refractivity contribution in [1.82, 2.24) is 4.90 Å². The molecule has 0 radical (unpaired) electrons. The van der Waals surface area contributed by atoms with Crippen molar-refractivity contribution in [3.8, 4) is 0 Å². The van der Waals surface area contributed by atoms with Crippen molar-refractivity contribution in [2.75, 3.05) is 19.6 Å². The lowest BCUT2D eigenvalue weighted by atomic mass is 10.1. The van der Waals surface area contributed by atoms with Crippen LogP contribution in [0, 0.1) is 11.7 Å². The molecule has 1 aromatic rings. The molecule has 0 aromatic heterocycles. The topological polar surface area (TPSA) is 29.3 Å². The number of nitrogens with two attached hydrogens (primary N) is 1. The SMILES string of the molecule is CCN(Cc1cccc(F)c1)CC(C)CN. The van der Waals surface area contributed by atoms with Crippen LogP contribution in [-0.4, -0.2) is 24.5 Å². The largest absolute Gasteiger partial charge is 0.330 e. The highest BCUT2D eigenvalue weighted by Gasteiger charge is 2.08. The van der Waals surface area contributed by atoms with Crippen molar-refractivity contribution < 1.29 is 4.39 Å². The minimum absolute atomic E-state index is 0.166. The highest BCUT2D eigenvalue weighted by Crippen LogP contribution is 2.08. The standard InChI is InChI=1S/C13H21FN2/c1-3-16(9-11(2)8-15)10-12-5-4-6-13(14)7-12/h4-7,11H,3,8-10,15H2,1-2H3. The number of halogens is 1. The third-order valence-electron chi connectivity index (χ3n) is 2.71. The van der Waals surface area contributed by atoms with Crippen LogP contribution >= 0.6 is 0 Å². The van der Waals surface area contributed by atoms with Gasteiger partial charge < -0.3 is 5.73 Å². The Balaban J connectivity index is 2.56. The van der Waals surface area contributed by atoms with E-state index in [2.05, 4.69) is 18.7 Å². The lowest BCUT2D eigenvalue weighted by Gasteiger charge is -2.23. The maximum atomic E-state index is 13.0. The summed E-state index contributed by atoms with van der Waals surface area (Å²) in [7, 11) is 0. The number of hydrogen-bond acceptors (Lipinski definition) is 2. The van der Waals surface area contributed by atoms with Gasteiger partial charge in [0.1, 0.15) is 5.82 Å². The van der Waals surface area contributed by atoms with Gasteiger partial charge in [-0.2, -0.15) is 0 Å². The minimum atomic E-state index is -0.166. The van der Waals surface area contributed by atoms with Crippen LogP contribution < -0.4 is 5.73 Å². The second kappa shape index (κ2) is 6.61. The molecule has 0 aliphatic heterocycles. The molecule has 1 rings (SSSR count). The molecule has 3 heteroatoms. The zero-order valence-electron chi connectivity index (χ0n) is 10.1. The summed E-state index contributed by atoms with van der Waals surface area (Å²) >= 11 is 0. The Hall–Kier alpha value is -0.930. The molecule has 0 heterocycles. The molecule has 90 valence electrons. The van der Waals surface area contributed by atoms with Gasteiger partial charge in [0.2, 0.25) is 0 Å². The number of rotatable bonds is 6. The van der Waals surface area contributed by atoms with Gasteiger partial charge in [0.05, 0.1) is 0 Å². The first-order valence-electron chi connectivity index (χ1n) is 5.82. The van der Waals surface area contributed by atoms with Crippen LogP contribution in [0.15, 0.2) is 24.3 Å². The molecule has 0 bridgehead atoms. The minimum Gasteiger partial charge on any atom is -0.330 e. The molecule has 1 aromatic carbocycles. The number of benzene rings is 1. The predicted molar refractivity (Wildman–Crippen MR) is 65.6 cm³/mol. The normalized spacial score (nSPS) is 13.1. The molecule has 0 saturated heterocycles. The zero-order chi connectivity index (χ0) is 12.0. The van der Waals surface area contributed by atoms with Crippen LogP contribution in [0.2, 0.25) is 0 Å². The van der Waals surface area contributed by atoms with E-state index in [0.29, 0.717) is 12.5 Å². The van der Waals surface area contributed by atoms with Gasteiger partial charge in [-0.15, -0.1) is 0 Å². The molecule has 0 saturated carbocycles. The summed E-state index contributed by atoms with van der Waals surface area (Å²) in [5.74, 6) is 0.314. The fourth-order valence-electron chi connectivity index (χ4n) is 1.71. The van der Waals surface area contributed by atoms with Crippen molar-refractivity contribution in [1.29, 1.82) is 0 Å². The molecule has 1 unspecified atom stereocenters. The monoisotopic (exact) mass is 224 g/mol. The Kier molecular flexibility index (Phi) is 5.43. The predicted octanol–water partition coefficient (Wildman–Crippen LogP) is 2.24. The molecule has 0 aliphatic rings. The van der Waals surface area contributed by atoms with Gasteiger partial charge in [-0.25, -0.2) is 4.39 Å². The molecular weight excluding hydrogens is 203 g/mol. The Morgan fingerprint density at radius 1 is 1.44 bits per heavy atom. The van der Waals surface area contributed by atoms with E-state index in [1.165, 1.54) is 6.07 Å². The number of nitrogens with zero attached hydrogens (tertiary/aromatic N) is 1. The van der Waals surface area contributed by atoms with E-state index < -0.39 is 0 Å². The van der Waals surface area contributed by atoms with Gasteiger partial charge in [-0.05, 0) is 36.7 Å². The average Bonchev–Trinajstić information content (AvgIpc) is 2.28. The molecular formula is C13H21FN2. The number of hydrogen-bond donors (Lipinski definition) is 1. The maximum absolute atomic E-state index is 13.0. The molecule has 0 fully saturated rings. The molecule has 0 aliphatic carbocycles. The first kappa shape index (κ1) is 13.1. The summed E-state index contributed by atoms with van der Waals surface area (Å²) < 4.78 is 13.0. The van der Waals surface area contributed by atoms with E-state index in [1.54, 1.807) is 12.1 Å². The highest BCUT2D eigenvalue weighted by molar-refractivity contribution is 5.16. The van der Waals surface area contributed by atoms with Crippen LogP contribution in [0.5, 0.6) is 0 Å². The fraction of sp³-hybridized carbons (Fsp3) is 0.538. The Bertz CT molecular complexity index is 315. The molecule has 16 heavy (non-hydrogen) atoms. The summed E-state index contributed by atoms with van der Waals surface area (Å²) in [6, 6.07) is 6.78. The second-order valence-electron chi connectivity index (χ2n) is 4.30. The second-order valence-corrected chi connectivity index (χ2v) is 4.30. The molecule has 0 amide bonds. The van der Waals surface area contributed by atoms with Crippen molar-refractivity contribution in [2.45, 2.75) is 20.4 Å². The molecule has 0 spiro atoms. The molecule has 1 atom stereocenters. The molecule has 2 N–H and O–H groups in total. The summed E-state index contributed by atoms with van der Waals surface area (Å²) in [5, 5.41) is 0. The van der Waals surface area contributed by atoms with Crippen molar-refractivity contribution >= 4 is 0 Å². The third kappa shape index (κ3) is 4.29. The Morgan fingerprint density at radius 3 is 2.75 bits per heavy atom. The lowest BCUT2D eigenvalue weighted by molar-refractivity contribution is 0.243.